The van der Waals surface area contributed by atoms with Gasteiger partial charge in [0.15, 0.2) is 0 Å². The van der Waals surface area contributed by atoms with Gasteiger partial charge in [-0.2, -0.15) is 0 Å². The molecule has 34 heavy (non-hydrogen) atoms. The van der Waals surface area contributed by atoms with Crippen LogP contribution in [0.15, 0.2) is 48.5 Å². The van der Waals surface area contributed by atoms with E-state index < -0.39 is 18.4 Å². The summed E-state index contributed by atoms with van der Waals surface area (Å²) >= 11 is 0. The van der Waals surface area contributed by atoms with Gasteiger partial charge in [0, 0.05) is 43.9 Å². The zero-order valence-electron chi connectivity index (χ0n) is 21.7. The molecule has 0 spiro atoms. The van der Waals surface area contributed by atoms with Crippen molar-refractivity contribution in [3.8, 4) is 5.75 Å². The Bertz CT molecular complexity index is 854. The van der Waals surface area contributed by atoms with Crippen LogP contribution in [0.4, 0.5) is 5.69 Å². The van der Waals surface area contributed by atoms with Crippen LogP contribution >= 0.6 is 0 Å². The van der Waals surface area contributed by atoms with Gasteiger partial charge in [-0.1, -0.05) is 19.1 Å². The molecule has 1 amide bonds. The Hall–Kier alpha value is -3.06. The summed E-state index contributed by atoms with van der Waals surface area (Å²) in [4.78, 5) is 26.7. The Balaban J connectivity index is 0.000000546. The lowest BCUT2D eigenvalue weighted by molar-refractivity contribution is -0.135. The first kappa shape index (κ1) is 29.0. The van der Waals surface area contributed by atoms with Gasteiger partial charge < -0.3 is 20.1 Å². The van der Waals surface area contributed by atoms with Crippen molar-refractivity contribution < 1.29 is 19.4 Å². The fourth-order valence-corrected chi connectivity index (χ4v) is 3.53. The third-order valence-electron chi connectivity index (χ3n) is 5.32. The Kier molecular flexibility index (Phi) is 12.7. The Labute approximate surface area is 204 Å². The number of hydrogen-bond acceptors (Lipinski definition) is 5. The van der Waals surface area contributed by atoms with E-state index in [4.69, 9.17) is 9.84 Å². The number of carbonyl (C=O) groups is 2. The van der Waals surface area contributed by atoms with Crippen LogP contribution in [-0.2, 0) is 11.2 Å². The molecule has 0 saturated heterocycles. The monoisotopic (exact) mass is 471 g/mol. The maximum Gasteiger partial charge on any atom is 0.322 e. The summed E-state index contributed by atoms with van der Waals surface area (Å²) < 4.78 is 5.68. The molecule has 0 aliphatic rings. The van der Waals surface area contributed by atoms with E-state index in [0.717, 1.165) is 18.7 Å². The van der Waals surface area contributed by atoms with Gasteiger partial charge >= 0.3 is 5.97 Å². The SMILES string of the molecule is CCN(C(C)C)C(C)C.CN(C)c1ccc(CCOc2ccc(C(=O)NCC(=O)O)cc2)cc1. The van der Waals surface area contributed by atoms with E-state index in [1.165, 1.54) is 5.56 Å². The molecule has 0 heterocycles. The van der Waals surface area contributed by atoms with Crippen molar-refractivity contribution >= 4 is 17.6 Å². The van der Waals surface area contributed by atoms with Crippen molar-refractivity contribution in [2.24, 2.45) is 0 Å². The molecule has 0 radical (unpaired) electrons. The summed E-state index contributed by atoms with van der Waals surface area (Å²) in [5.74, 6) is -0.832. The molecule has 0 bridgehead atoms. The molecule has 0 fully saturated rings. The molecule has 0 saturated carbocycles. The van der Waals surface area contributed by atoms with E-state index in [1.54, 1.807) is 24.3 Å². The molecule has 0 aliphatic carbocycles. The van der Waals surface area contributed by atoms with Gasteiger partial charge in [0.1, 0.15) is 12.3 Å². The first-order chi connectivity index (χ1) is 16.0. The van der Waals surface area contributed by atoms with Gasteiger partial charge in [-0.3, -0.25) is 14.5 Å². The smallest absolute Gasteiger partial charge is 0.322 e. The van der Waals surface area contributed by atoms with Crippen LogP contribution in [0.1, 0.15) is 50.5 Å². The van der Waals surface area contributed by atoms with Crippen LogP contribution in [0.5, 0.6) is 5.75 Å². The van der Waals surface area contributed by atoms with Crippen LogP contribution < -0.4 is 15.0 Å². The van der Waals surface area contributed by atoms with Gasteiger partial charge in [0.2, 0.25) is 0 Å². The summed E-state index contributed by atoms with van der Waals surface area (Å²) in [6.45, 7) is 12.5. The number of carboxylic acids is 1. The Morgan fingerprint density at radius 3 is 1.91 bits per heavy atom. The molecule has 188 valence electrons. The number of hydrogen-bond donors (Lipinski definition) is 2. The van der Waals surface area contributed by atoms with Gasteiger partial charge in [0.05, 0.1) is 6.61 Å². The number of carboxylic acid groups (broad SMARTS) is 1. The highest BCUT2D eigenvalue weighted by Gasteiger charge is 2.09. The van der Waals surface area contributed by atoms with Crippen molar-refractivity contribution in [3.63, 3.8) is 0 Å². The quantitative estimate of drug-likeness (QED) is 0.508. The van der Waals surface area contributed by atoms with Gasteiger partial charge in [-0.05, 0) is 76.2 Å². The van der Waals surface area contributed by atoms with Crippen LogP contribution in [0.25, 0.3) is 0 Å². The molecule has 2 aromatic carbocycles. The Morgan fingerprint density at radius 1 is 0.941 bits per heavy atom. The van der Waals surface area contributed by atoms with Gasteiger partial charge in [0.25, 0.3) is 5.91 Å². The van der Waals surface area contributed by atoms with Gasteiger partial charge in [-0.25, -0.2) is 0 Å². The lowest BCUT2D eigenvalue weighted by Crippen LogP contribution is -2.36. The summed E-state index contributed by atoms with van der Waals surface area (Å²) in [7, 11) is 4.01. The average Bonchev–Trinajstić information content (AvgIpc) is 2.78. The number of aliphatic carboxylic acids is 1. The van der Waals surface area contributed by atoms with Crippen LogP contribution in [-0.4, -0.2) is 67.8 Å². The number of anilines is 1. The maximum absolute atomic E-state index is 11.7. The zero-order valence-corrected chi connectivity index (χ0v) is 21.7. The summed E-state index contributed by atoms with van der Waals surface area (Å²) in [6, 6.07) is 16.3. The maximum atomic E-state index is 11.7. The molecule has 7 nitrogen and oxygen atoms in total. The predicted molar refractivity (Wildman–Crippen MR) is 139 cm³/mol. The van der Waals surface area contributed by atoms with Crippen LogP contribution in [0.2, 0.25) is 0 Å². The molecule has 0 aliphatic heterocycles. The van der Waals surface area contributed by atoms with Crippen molar-refractivity contribution in [2.75, 3.05) is 38.7 Å². The fraction of sp³-hybridized carbons (Fsp3) is 0.481. The largest absolute Gasteiger partial charge is 0.493 e. The van der Waals surface area contributed by atoms with E-state index in [1.807, 2.05) is 14.1 Å². The predicted octanol–water partition coefficient (Wildman–Crippen LogP) is 4.31. The molecular weight excluding hydrogens is 430 g/mol. The molecule has 2 aromatic rings. The lowest BCUT2D eigenvalue weighted by Gasteiger charge is -2.28. The van der Waals surface area contributed by atoms with Crippen molar-refractivity contribution in [3.05, 3.63) is 59.7 Å². The summed E-state index contributed by atoms with van der Waals surface area (Å²) in [5, 5.41) is 10.9. The number of amides is 1. The van der Waals surface area contributed by atoms with Crippen molar-refractivity contribution in [1.82, 2.24) is 10.2 Å². The Morgan fingerprint density at radius 2 is 1.50 bits per heavy atom. The molecule has 2 rings (SSSR count). The highest BCUT2D eigenvalue weighted by molar-refractivity contribution is 5.95. The minimum Gasteiger partial charge on any atom is -0.493 e. The van der Waals surface area contributed by atoms with E-state index in [9.17, 15) is 9.59 Å². The van der Waals surface area contributed by atoms with E-state index >= 15 is 0 Å². The number of ether oxygens (including phenoxy) is 1. The second kappa shape index (κ2) is 15.0. The van der Waals surface area contributed by atoms with Crippen LogP contribution in [0.3, 0.4) is 0 Å². The number of rotatable bonds is 11. The van der Waals surface area contributed by atoms with Crippen molar-refractivity contribution in [1.29, 1.82) is 0 Å². The molecular formula is C27H41N3O4. The minimum atomic E-state index is -1.08. The highest BCUT2D eigenvalue weighted by Crippen LogP contribution is 2.15. The van der Waals surface area contributed by atoms with E-state index in [0.29, 0.717) is 30.0 Å². The third kappa shape index (κ3) is 10.7. The summed E-state index contributed by atoms with van der Waals surface area (Å²) in [5.41, 5.74) is 2.74. The number of carbonyl (C=O) groups excluding carboxylic acids is 1. The third-order valence-corrected chi connectivity index (χ3v) is 5.32. The lowest BCUT2D eigenvalue weighted by atomic mass is 10.1. The first-order valence-corrected chi connectivity index (χ1v) is 11.8. The number of nitrogens with zero attached hydrogens (tertiary/aromatic N) is 2. The second-order valence-electron chi connectivity index (χ2n) is 8.78. The standard InChI is InChI=1S/C19H22N2O4.C8H19N/c1-21(2)16-7-3-14(4-8-16)11-12-25-17-9-5-15(6-10-17)19(24)20-13-18(22)23;1-6-9(7(2)3)8(4)5/h3-10H,11-13H2,1-2H3,(H,20,24)(H,22,23);7-8H,6H2,1-5H3. The average molecular weight is 472 g/mol. The molecule has 0 unspecified atom stereocenters. The molecule has 0 aromatic heterocycles. The highest BCUT2D eigenvalue weighted by atomic mass is 16.5. The number of benzene rings is 2. The molecule has 2 N–H and O–H groups in total. The zero-order chi connectivity index (χ0) is 25.7. The van der Waals surface area contributed by atoms with E-state index in [2.05, 4.69) is 74.0 Å². The van der Waals surface area contributed by atoms with Crippen LogP contribution in [0, 0.1) is 0 Å². The molecule has 7 heteroatoms. The fourth-order valence-electron chi connectivity index (χ4n) is 3.53. The number of nitrogens with one attached hydrogen (secondary N) is 1. The minimum absolute atomic E-state index is 0.396. The topological polar surface area (TPSA) is 82.1 Å². The summed E-state index contributed by atoms with van der Waals surface area (Å²) in [6.07, 6.45) is 0.786. The van der Waals surface area contributed by atoms with E-state index in [-0.39, 0.29) is 0 Å². The second-order valence-corrected chi connectivity index (χ2v) is 8.78. The van der Waals surface area contributed by atoms with Gasteiger partial charge in [-0.15, -0.1) is 0 Å². The van der Waals surface area contributed by atoms with Crippen molar-refractivity contribution in [2.45, 2.75) is 53.1 Å². The normalized spacial score (nSPS) is 10.6. The first-order valence-electron chi connectivity index (χ1n) is 11.8. The molecule has 0 atom stereocenters.